The molecule has 0 aliphatic carbocycles. The van der Waals surface area contributed by atoms with Crippen LogP contribution in [-0.4, -0.2) is 53.7 Å². The first-order valence-electron chi connectivity index (χ1n) is 9.94. The summed E-state index contributed by atoms with van der Waals surface area (Å²) < 4.78 is 47.3. The topological polar surface area (TPSA) is 111 Å². The minimum atomic E-state index is -3.79. The lowest BCUT2D eigenvalue weighted by atomic mass is 9.98. The quantitative estimate of drug-likeness (QED) is 0.637. The zero-order chi connectivity index (χ0) is 21.4. The maximum atomic E-state index is 13.3. The third-order valence-corrected chi connectivity index (χ3v) is 7.87. The van der Waals surface area contributed by atoms with Gasteiger partial charge in [0.15, 0.2) is 11.5 Å². The first-order valence-corrected chi connectivity index (χ1v) is 12.1. The van der Waals surface area contributed by atoms with Crippen LogP contribution in [0.1, 0.15) is 12.8 Å². The van der Waals surface area contributed by atoms with Crippen LogP contribution in [0.5, 0.6) is 11.5 Å². The molecule has 5 rings (SSSR count). The van der Waals surface area contributed by atoms with E-state index in [-0.39, 0.29) is 17.3 Å². The van der Waals surface area contributed by atoms with E-state index in [9.17, 15) is 13.2 Å². The molecule has 9 nitrogen and oxygen atoms in total. The van der Waals surface area contributed by atoms with Crippen LogP contribution in [0, 0.1) is 5.92 Å². The second-order valence-electron chi connectivity index (χ2n) is 7.44. The average molecular weight is 461 g/mol. The third-order valence-electron chi connectivity index (χ3n) is 5.43. The summed E-state index contributed by atoms with van der Waals surface area (Å²) in [6.07, 6.45) is 1.22. The number of nitrogens with one attached hydrogen (secondary N) is 1. The number of fused-ring (bicyclic) bond motifs is 2. The number of hydrogen-bond donors (Lipinski definition) is 1. The molecular formula is C20H20N4O5S2. The highest BCUT2D eigenvalue weighted by atomic mass is 32.2. The highest BCUT2D eigenvalue weighted by Crippen LogP contribution is 2.33. The van der Waals surface area contributed by atoms with Gasteiger partial charge in [0.1, 0.15) is 29.1 Å². The number of piperidine rings is 1. The Labute approximate surface area is 183 Å². The fourth-order valence-electron chi connectivity index (χ4n) is 3.87. The maximum absolute atomic E-state index is 13.3. The number of sulfonamides is 1. The highest BCUT2D eigenvalue weighted by molar-refractivity contribution is 7.89. The number of ether oxygens (including phenoxy) is 2. The van der Waals surface area contributed by atoms with Crippen molar-refractivity contribution in [2.75, 3.05) is 31.6 Å². The molecule has 3 heterocycles. The van der Waals surface area contributed by atoms with Crippen molar-refractivity contribution < 1.29 is 22.7 Å². The second kappa shape index (κ2) is 8.06. The van der Waals surface area contributed by atoms with Crippen LogP contribution in [-0.2, 0) is 14.8 Å². The smallest absolute Gasteiger partial charge is 0.245 e. The zero-order valence-corrected chi connectivity index (χ0v) is 18.1. The van der Waals surface area contributed by atoms with Gasteiger partial charge < -0.3 is 14.8 Å². The highest BCUT2D eigenvalue weighted by Gasteiger charge is 2.34. The molecule has 1 aromatic heterocycles. The van der Waals surface area contributed by atoms with Crippen molar-refractivity contribution in [1.82, 2.24) is 13.1 Å². The van der Waals surface area contributed by atoms with Gasteiger partial charge in [0, 0.05) is 24.8 Å². The molecule has 2 aliphatic rings. The number of carbonyl (C=O) groups excluding carboxylic acids is 1. The van der Waals surface area contributed by atoms with Gasteiger partial charge >= 0.3 is 0 Å². The molecule has 3 aromatic rings. The Balaban J connectivity index is 1.33. The van der Waals surface area contributed by atoms with Gasteiger partial charge in [-0.3, -0.25) is 4.79 Å². The number of aromatic nitrogens is 2. The molecule has 2 aromatic carbocycles. The van der Waals surface area contributed by atoms with Crippen molar-refractivity contribution in [3.63, 3.8) is 0 Å². The monoisotopic (exact) mass is 460 g/mol. The van der Waals surface area contributed by atoms with Crippen LogP contribution >= 0.6 is 11.7 Å². The molecule has 31 heavy (non-hydrogen) atoms. The number of benzene rings is 2. The van der Waals surface area contributed by atoms with Crippen molar-refractivity contribution in [2.24, 2.45) is 5.92 Å². The molecule has 1 amide bonds. The SMILES string of the molecule is O=C(Nc1ccc2c(c1)OCCO2)C1CCCN(S(=O)(=O)c2cccc3nsnc23)C1. The molecular weight excluding hydrogens is 440 g/mol. The van der Waals surface area contributed by atoms with Gasteiger partial charge in [0.2, 0.25) is 15.9 Å². The van der Waals surface area contributed by atoms with Crippen LogP contribution in [0.3, 0.4) is 0 Å². The molecule has 1 fully saturated rings. The van der Waals surface area contributed by atoms with E-state index in [0.717, 1.165) is 11.7 Å². The van der Waals surface area contributed by atoms with Gasteiger partial charge in [-0.1, -0.05) is 6.07 Å². The number of rotatable bonds is 4. The summed E-state index contributed by atoms with van der Waals surface area (Å²) in [5.74, 6) is 0.557. The van der Waals surface area contributed by atoms with E-state index in [2.05, 4.69) is 14.1 Å². The van der Waals surface area contributed by atoms with Gasteiger partial charge in [-0.15, -0.1) is 0 Å². The Morgan fingerprint density at radius 1 is 1.13 bits per heavy atom. The van der Waals surface area contributed by atoms with Gasteiger partial charge in [-0.2, -0.15) is 13.1 Å². The van der Waals surface area contributed by atoms with Crippen LogP contribution < -0.4 is 14.8 Å². The Morgan fingerprint density at radius 3 is 2.84 bits per heavy atom. The number of anilines is 1. The molecule has 2 aliphatic heterocycles. The molecule has 1 saturated heterocycles. The van der Waals surface area contributed by atoms with Crippen molar-refractivity contribution >= 4 is 44.4 Å². The standard InChI is InChI=1S/C20H20N4O5S2/c25-20(21-14-6-7-16-17(11-14)29-10-9-28-16)13-3-2-8-24(12-13)31(26,27)18-5-1-4-15-19(18)23-30-22-15/h1,4-7,11,13H,2-3,8-10,12H2,(H,21,25). The van der Waals surface area contributed by atoms with Gasteiger partial charge in [0.05, 0.1) is 17.6 Å². The molecule has 0 spiro atoms. The van der Waals surface area contributed by atoms with Crippen LogP contribution in [0.15, 0.2) is 41.3 Å². The van der Waals surface area contributed by atoms with Crippen molar-refractivity contribution in [1.29, 1.82) is 0 Å². The fourth-order valence-corrected chi connectivity index (χ4v) is 6.15. The lowest BCUT2D eigenvalue weighted by molar-refractivity contribution is -0.120. The van der Waals surface area contributed by atoms with E-state index < -0.39 is 15.9 Å². The lowest BCUT2D eigenvalue weighted by Crippen LogP contribution is -2.43. The van der Waals surface area contributed by atoms with Crippen LogP contribution in [0.4, 0.5) is 5.69 Å². The number of amides is 1. The van der Waals surface area contributed by atoms with E-state index >= 15 is 0 Å². The summed E-state index contributed by atoms with van der Waals surface area (Å²) in [4.78, 5) is 13.0. The Hall–Kier alpha value is -2.76. The number of nitrogens with zero attached hydrogens (tertiary/aromatic N) is 3. The van der Waals surface area contributed by atoms with E-state index in [0.29, 0.717) is 60.8 Å². The van der Waals surface area contributed by atoms with E-state index in [1.807, 2.05) is 0 Å². The van der Waals surface area contributed by atoms with Crippen LogP contribution in [0.25, 0.3) is 11.0 Å². The number of carbonyl (C=O) groups is 1. The van der Waals surface area contributed by atoms with Crippen molar-refractivity contribution in [3.05, 3.63) is 36.4 Å². The Morgan fingerprint density at radius 2 is 1.97 bits per heavy atom. The fraction of sp³-hybridized carbons (Fsp3) is 0.350. The zero-order valence-electron chi connectivity index (χ0n) is 16.5. The van der Waals surface area contributed by atoms with E-state index in [1.165, 1.54) is 10.4 Å². The minimum absolute atomic E-state index is 0.118. The summed E-state index contributed by atoms with van der Waals surface area (Å²) in [5.41, 5.74) is 1.51. The van der Waals surface area contributed by atoms with E-state index in [4.69, 9.17) is 9.47 Å². The van der Waals surface area contributed by atoms with Gasteiger partial charge in [-0.25, -0.2) is 8.42 Å². The summed E-state index contributed by atoms with van der Waals surface area (Å²) >= 11 is 0.980. The average Bonchev–Trinajstić information content (AvgIpc) is 3.28. The predicted molar refractivity (Wildman–Crippen MR) is 115 cm³/mol. The van der Waals surface area contributed by atoms with Crippen molar-refractivity contribution in [3.8, 4) is 11.5 Å². The van der Waals surface area contributed by atoms with Crippen molar-refractivity contribution in [2.45, 2.75) is 17.7 Å². The molecule has 1 unspecified atom stereocenters. The summed E-state index contributed by atoms with van der Waals surface area (Å²) in [6, 6.07) is 10.2. The minimum Gasteiger partial charge on any atom is -0.486 e. The summed E-state index contributed by atoms with van der Waals surface area (Å²) in [7, 11) is -3.79. The predicted octanol–water partition coefficient (Wildman–Crippen LogP) is 2.50. The third kappa shape index (κ3) is 3.84. The lowest BCUT2D eigenvalue weighted by Gasteiger charge is -2.31. The summed E-state index contributed by atoms with van der Waals surface area (Å²) in [5, 5.41) is 2.88. The molecule has 1 N–H and O–H groups in total. The summed E-state index contributed by atoms with van der Waals surface area (Å²) in [6.45, 7) is 1.44. The molecule has 0 bridgehead atoms. The molecule has 1 atom stereocenters. The molecule has 0 saturated carbocycles. The second-order valence-corrected chi connectivity index (χ2v) is 9.87. The molecule has 11 heteroatoms. The maximum Gasteiger partial charge on any atom is 0.245 e. The Bertz CT molecular complexity index is 1240. The Kier molecular flexibility index (Phi) is 5.24. The molecule has 0 radical (unpaired) electrons. The first-order chi connectivity index (χ1) is 15.0. The first kappa shape index (κ1) is 20.2. The normalized spacial score (nSPS) is 19.3. The largest absolute Gasteiger partial charge is 0.486 e. The van der Waals surface area contributed by atoms with Crippen LogP contribution in [0.2, 0.25) is 0 Å². The number of hydrogen-bond acceptors (Lipinski definition) is 8. The molecule has 162 valence electrons. The van der Waals surface area contributed by atoms with Gasteiger partial charge in [-0.05, 0) is 37.1 Å². The van der Waals surface area contributed by atoms with Gasteiger partial charge in [0.25, 0.3) is 0 Å². The van der Waals surface area contributed by atoms with E-state index in [1.54, 1.807) is 30.3 Å².